The zero-order chi connectivity index (χ0) is 18.9. The van der Waals surface area contributed by atoms with E-state index in [0.29, 0.717) is 5.92 Å². The first-order valence-corrected chi connectivity index (χ1v) is 9.62. The molecule has 1 aromatic carbocycles. The van der Waals surface area contributed by atoms with Crippen LogP contribution < -0.4 is 10.1 Å². The van der Waals surface area contributed by atoms with Gasteiger partial charge in [0.05, 0.1) is 24.6 Å². The average Bonchev–Trinajstić information content (AvgIpc) is 3.42. The first-order valence-electron chi connectivity index (χ1n) is 9.62. The maximum absolute atomic E-state index is 5.70. The Hall–Kier alpha value is -3.12. The molecule has 6 heteroatoms. The Morgan fingerprint density at radius 3 is 2.79 bits per heavy atom. The predicted octanol–water partition coefficient (Wildman–Crippen LogP) is 4.13. The first kappa shape index (κ1) is 17.0. The Bertz CT molecular complexity index is 1080. The van der Waals surface area contributed by atoms with Crippen LogP contribution in [0.25, 0.3) is 28.2 Å². The lowest BCUT2D eigenvalue weighted by molar-refractivity contribution is 0.415. The van der Waals surface area contributed by atoms with Crippen LogP contribution in [-0.4, -0.2) is 34.8 Å². The Morgan fingerprint density at radius 1 is 1.18 bits per heavy atom. The summed E-state index contributed by atoms with van der Waals surface area (Å²) >= 11 is 0. The number of fused-ring (bicyclic) bond motifs is 1. The van der Waals surface area contributed by atoms with E-state index in [9.17, 15) is 0 Å². The fourth-order valence-electron chi connectivity index (χ4n) is 3.99. The lowest BCUT2D eigenvalue weighted by Crippen LogP contribution is -2.29. The van der Waals surface area contributed by atoms with Crippen molar-refractivity contribution in [1.82, 2.24) is 19.9 Å². The highest BCUT2D eigenvalue weighted by Gasteiger charge is 2.24. The lowest BCUT2D eigenvalue weighted by Gasteiger charge is -2.23. The Labute approximate surface area is 163 Å². The summed E-state index contributed by atoms with van der Waals surface area (Å²) in [6.07, 6.45) is 5.89. The molecule has 1 aliphatic rings. The van der Waals surface area contributed by atoms with Gasteiger partial charge in [-0.1, -0.05) is 12.1 Å². The SMILES string of the molecule is COc1ccc(-c2c(-c3ccco3)nn3c(C4CCCNC4)ccnc23)cc1. The van der Waals surface area contributed by atoms with E-state index in [-0.39, 0.29) is 0 Å². The molecule has 1 saturated heterocycles. The van der Waals surface area contributed by atoms with Gasteiger partial charge in [-0.2, -0.15) is 5.10 Å². The van der Waals surface area contributed by atoms with E-state index in [0.717, 1.165) is 53.5 Å². The molecule has 4 aromatic rings. The molecule has 28 heavy (non-hydrogen) atoms. The van der Waals surface area contributed by atoms with Gasteiger partial charge in [0.2, 0.25) is 0 Å². The van der Waals surface area contributed by atoms with Gasteiger partial charge in [0.15, 0.2) is 11.4 Å². The van der Waals surface area contributed by atoms with Gasteiger partial charge in [-0.05, 0) is 55.3 Å². The Morgan fingerprint density at radius 2 is 2.07 bits per heavy atom. The van der Waals surface area contributed by atoms with Crippen LogP contribution in [0.15, 0.2) is 59.3 Å². The minimum atomic E-state index is 0.423. The number of hydrogen-bond acceptors (Lipinski definition) is 5. The van der Waals surface area contributed by atoms with Crippen molar-refractivity contribution in [1.29, 1.82) is 0 Å². The maximum Gasteiger partial charge on any atom is 0.163 e. The molecular formula is C22H22N4O2. The molecule has 0 amide bonds. The van der Waals surface area contributed by atoms with Crippen molar-refractivity contribution in [3.63, 3.8) is 0 Å². The largest absolute Gasteiger partial charge is 0.497 e. The highest BCUT2D eigenvalue weighted by molar-refractivity contribution is 5.89. The number of nitrogens with one attached hydrogen (secondary N) is 1. The number of furan rings is 1. The van der Waals surface area contributed by atoms with Crippen molar-refractivity contribution in [3.8, 4) is 28.3 Å². The third-order valence-electron chi connectivity index (χ3n) is 5.40. The van der Waals surface area contributed by atoms with Gasteiger partial charge in [-0.25, -0.2) is 9.50 Å². The number of ether oxygens (including phenoxy) is 1. The fraction of sp³-hybridized carbons (Fsp3) is 0.273. The number of hydrogen-bond donors (Lipinski definition) is 1. The molecule has 6 nitrogen and oxygen atoms in total. The quantitative estimate of drug-likeness (QED) is 0.582. The molecule has 1 N–H and O–H groups in total. The highest BCUT2D eigenvalue weighted by atomic mass is 16.5. The van der Waals surface area contributed by atoms with Gasteiger partial charge in [0.1, 0.15) is 11.4 Å². The first-order chi connectivity index (χ1) is 13.8. The minimum absolute atomic E-state index is 0.423. The van der Waals surface area contributed by atoms with Crippen LogP contribution in [0.5, 0.6) is 5.75 Å². The standard InChI is InChI=1S/C22H22N4O2/c1-27-17-8-6-15(7-9-17)20-21(19-5-3-13-28-19)25-26-18(10-12-24-22(20)26)16-4-2-11-23-14-16/h3,5-10,12-13,16,23H,2,4,11,14H2,1H3. The van der Waals surface area contributed by atoms with Crippen LogP contribution in [0.4, 0.5) is 0 Å². The van der Waals surface area contributed by atoms with Gasteiger partial charge in [0.25, 0.3) is 0 Å². The van der Waals surface area contributed by atoms with Crippen molar-refractivity contribution in [2.24, 2.45) is 0 Å². The molecule has 1 atom stereocenters. The molecule has 4 heterocycles. The predicted molar refractivity (Wildman–Crippen MR) is 108 cm³/mol. The van der Waals surface area contributed by atoms with Gasteiger partial charge >= 0.3 is 0 Å². The summed E-state index contributed by atoms with van der Waals surface area (Å²) in [5, 5.41) is 8.45. The number of aromatic nitrogens is 3. The van der Waals surface area contributed by atoms with Crippen molar-refractivity contribution < 1.29 is 9.15 Å². The molecular weight excluding hydrogens is 352 g/mol. The van der Waals surface area contributed by atoms with Crippen molar-refractivity contribution in [2.45, 2.75) is 18.8 Å². The summed E-state index contributed by atoms with van der Waals surface area (Å²) in [7, 11) is 1.67. The monoisotopic (exact) mass is 374 g/mol. The summed E-state index contributed by atoms with van der Waals surface area (Å²) in [5.41, 5.74) is 4.85. The minimum Gasteiger partial charge on any atom is -0.497 e. The van der Waals surface area contributed by atoms with Crippen LogP contribution in [0.2, 0.25) is 0 Å². The molecule has 3 aromatic heterocycles. The van der Waals surface area contributed by atoms with Crippen molar-refractivity contribution in [3.05, 3.63) is 60.6 Å². The number of methoxy groups -OCH3 is 1. The van der Waals surface area contributed by atoms with E-state index < -0.39 is 0 Å². The maximum atomic E-state index is 5.70. The van der Waals surface area contributed by atoms with E-state index >= 15 is 0 Å². The summed E-state index contributed by atoms with van der Waals surface area (Å²) in [5.74, 6) is 1.98. The molecule has 0 radical (unpaired) electrons. The molecule has 0 saturated carbocycles. The zero-order valence-corrected chi connectivity index (χ0v) is 15.8. The third kappa shape index (κ3) is 2.86. The smallest absolute Gasteiger partial charge is 0.163 e. The summed E-state index contributed by atoms with van der Waals surface area (Å²) in [6, 6.07) is 13.9. The van der Waals surface area contributed by atoms with Crippen LogP contribution in [0, 0.1) is 0 Å². The van der Waals surface area contributed by atoms with E-state index in [1.54, 1.807) is 13.4 Å². The van der Waals surface area contributed by atoms with Gasteiger partial charge in [-0.15, -0.1) is 0 Å². The van der Waals surface area contributed by atoms with Crippen molar-refractivity contribution >= 4 is 5.65 Å². The van der Waals surface area contributed by atoms with E-state index in [1.165, 1.54) is 12.1 Å². The van der Waals surface area contributed by atoms with Crippen molar-refractivity contribution in [2.75, 3.05) is 20.2 Å². The topological polar surface area (TPSA) is 64.6 Å². The number of rotatable bonds is 4. The summed E-state index contributed by atoms with van der Waals surface area (Å²) in [6.45, 7) is 2.05. The molecule has 1 aliphatic heterocycles. The summed E-state index contributed by atoms with van der Waals surface area (Å²) in [4.78, 5) is 4.69. The second-order valence-corrected chi connectivity index (χ2v) is 7.08. The number of nitrogens with zero attached hydrogens (tertiary/aromatic N) is 3. The summed E-state index contributed by atoms with van der Waals surface area (Å²) < 4.78 is 13.0. The van der Waals surface area contributed by atoms with Crippen LogP contribution in [0.3, 0.4) is 0 Å². The number of piperidine rings is 1. The van der Waals surface area contributed by atoms with Gasteiger partial charge in [0, 0.05) is 18.7 Å². The molecule has 0 bridgehead atoms. The highest BCUT2D eigenvalue weighted by Crippen LogP contribution is 2.36. The third-order valence-corrected chi connectivity index (χ3v) is 5.40. The Balaban J connectivity index is 1.73. The van der Waals surface area contributed by atoms with E-state index in [4.69, 9.17) is 19.2 Å². The van der Waals surface area contributed by atoms with Crippen LogP contribution >= 0.6 is 0 Å². The molecule has 0 spiro atoms. The molecule has 142 valence electrons. The fourth-order valence-corrected chi connectivity index (χ4v) is 3.99. The van der Waals surface area contributed by atoms with Gasteiger partial charge < -0.3 is 14.5 Å². The lowest BCUT2D eigenvalue weighted by atomic mass is 9.96. The van der Waals surface area contributed by atoms with E-state index in [1.807, 2.05) is 47.1 Å². The molecule has 0 aliphatic carbocycles. The second-order valence-electron chi connectivity index (χ2n) is 7.08. The van der Waals surface area contributed by atoms with Crippen LogP contribution in [0.1, 0.15) is 24.5 Å². The van der Waals surface area contributed by atoms with Crippen LogP contribution in [-0.2, 0) is 0 Å². The number of benzene rings is 1. The second kappa shape index (κ2) is 7.13. The average molecular weight is 374 g/mol. The molecule has 1 fully saturated rings. The molecule has 1 unspecified atom stereocenters. The van der Waals surface area contributed by atoms with Gasteiger partial charge in [-0.3, -0.25) is 0 Å². The van der Waals surface area contributed by atoms with E-state index in [2.05, 4.69) is 11.4 Å². The molecule has 5 rings (SSSR count). The normalized spacial score (nSPS) is 17.1. The zero-order valence-electron chi connectivity index (χ0n) is 15.8. The Kier molecular flexibility index (Phi) is 4.33.